The number of esters is 1. The molecule has 0 saturated heterocycles. The molecule has 0 fully saturated rings. The van der Waals surface area contributed by atoms with Crippen LogP contribution in [0.15, 0.2) is 0 Å². The molecule has 0 aliphatic rings. The van der Waals surface area contributed by atoms with Crippen LogP contribution in [0.4, 0.5) is 0 Å². The summed E-state index contributed by atoms with van der Waals surface area (Å²) in [4.78, 5) is 21.1. The fourth-order valence-corrected chi connectivity index (χ4v) is 0.928. The molecule has 0 aliphatic heterocycles. The highest BCUT2D eigenvalue weighted by Crippen LogP contribution is 2.04. The van der Waals surface area contributed by atoms with Crippen molar-refractivity contribution in [2.24, 2.45) is 5.92 Å². The Morgan fingerprint density at radius 2 is 2.07 bits per heavy atom. The first kappa shape index (κ1) is 12.9. The summed E-state index contributed by atoms with van der Waals surface area (Å²) in [6, 6.07) is -0.761. The third kappa shape index (κ3) is 4.79. The van der Waals surface area contributed by atoms with Gasteiger partial charge < -0.3 is 4.74 Å². The van der Waals surface area contributed by atoms with Crippen LogP contribution in [0.5, 0.6) is 0 Å². The molecule has 1 atom stereocenters. The van der Waals surface area contributed by atoms with Crippen LogP contribution in [-0.4, -0.2) is 23.5 Å². The molecule has 0 bridgehead atoms. The number of carbonyl (C=O) groups is 1. The quantitative estimate of drug-likeness (QED) is 0.373. The van der Waals surface area contributed by atoms with Gasteiger partial charge in [0.05, 0.1) is 5.92 Å². The second kappa shape index (κ2) is 6.34. The topological polar surface area (TPSA) is 69.4 Å². The van der Waals surface area contributed by atoms with E-state index >= 15 is 0 Å². The van der Waals surface area contributed by atoms with Gasteiger partial charge in [-0.05, 0) is 6.42 Å². The zero-order valence-electron chi connectivity index (χ0n) is 8.86. The maximum atomic E-state index is 11.0. The van der Waals surface area contributed by atoms with Crippen LogP contribution in [0.3, 0.4) is 0 Å². The molecule has 0 aromatic rings. The van der Waals surface area contributed by atoms with E-state index in [1.165, 1.54) is 0 Å². The summed E-state index contributed by atoms with van der Waals surface area (Å²) in [5.41, 5.74) is 0. The molecule has 0 spiro atoms. The Balaban J connectivity index is 3.93. The van der Waals surface area contributed by atoms with Crippen LogP contribution in [0.1, 0.15) is 33.6 Å². The second-order valence-corrected chi connectivity index (χ2v) is 3.51. The summed E-state index contributed by atoms with van der Waals surface area (Å²) < 4.78 is 4.80. The van der Waals surface area contributed by atoms with Crippen molar-refractivity contribution in [2.45, 2.75) is 39.7 Å². The van der Waals surface area contributed by atoms with E-state index in [-0.39, 0.29) is 18.5 Å². The Morgan fingerprint density at radius 3 is 2.43 bits per heavy atom. The molecule has 0 aromatic heterocycles. The number of rotatable bonds is 6. The molecular formula is C9H17NO4. The molecular weight excluding hydrogens is 186 g/mol. The highest BCUT2D eigenvalue weighted by atomic mass is 16.6. The smallest absolute Gasteiger partial charge is 0.308 e. The molecule has 5 heteroatoms. The fraction of sp³-hybridized carbons (Fsp3) is 0.889. The Morgan fingerprint density at radius 1 is 1.50 bits per heavy atom. The van der Waals surface area contributed by atoms with E-state index in [0.717, 1.165) is 0 Å². The summed E-state index contributed by atoms with van der Waals surface area (Å²) in [6.45, 7) is 5.14. The van der Waals surface area contributed by atoms with E-state index in [1.807, 2.05) is 6.92 Å². The maximum absolute atomic E-state index is 11.0. The van der Waals surface area contributed by atoms with Crippen molar-refractivity contribution in [3.05, 3.63) is 10.1 Å². The molecule has 0 saturated carbocycles. The van der Waals surface area contributed by atoms with Crippen molar-refractivity contribution in [3.63, 3.8) is 0 Å². The van der Waals surface area contributed by atoms with Gasteiger partial charge in [0.1, 0.15) is 0 Å². The van der Waals surface area contributed by atoms with E-state index in [2.05, 4.69) is 0 Å². The number of nitro groups is 1. The SMILES string of the molecule is CCCC(COC(=O)C(C)C)[N+](=O)[O-]. The summed E-state index contributed by atoms with van der Waals surface area (Å²) in [6.07, 6.45) is 1.16. The first-order valence-electron chi connectivity index (χ1n) is 4.79. The third-order valence-corrected chi connectivity index (χ3v) is 1.81. The lowest BCUT2D eigenvalue weighted by Gasteiger charge is -2.10. The van der Waals surface area contributed by atoms with E-state index < -0.39 is 11.0 Å². The van der Waals surface area contributed by atoms with Gasteiger partial charge in [-0.1, -0.05) is 20.8 Å². The number of carbonyl (C=O) groups excluding carboxylic acids is 1. The van der Waals surface area contributed by atoms with Crippen LogP contribution in [0.2, 0.25) is 0 Å². The minimum atomic E-state index is -0.761. The average molecular weight is 203 g/mol. The number of hydrogen-bond donors (Lipinski definition) is 0. The van der Waals surface area contributed by atoms with Crippen molar-refractivity contribution in [1.82, 2.24) is 0 Å². The Labute approximate surface area is 83.6 Å². The van der Waals surface area contributed by atoms with Gasteiger partial charge in [0.2, 0.25) is 6.04 Å². The molecule has 0 aliphatic carbocycles. The van der Waals surface area contributed by atoms with Crippen LogP contribution in [0.25, 0.3) is 0 Å². The summed E-state index contributed by atoms with van der Waals surface area (Å²) >= 11 is 0. The molecule has 0 aromatic carbocycles. The van der Waals surface area contributed by atoms with E-state index in [0.29, 0.717) is 12.8 Å². The zero-order chi connectivity index (χ0) is 11.1. The van der Waals surface area contributed by atoms with Gasteiger partial charge in [-0.2, -0.15) is 0 Å². The Kier molecular flexibility index (Phi) is 5.83. The van der Waals surface area contributed by atoms with Crippen molar-refractivity contribution in [2.75, 3.05) is 6.61 Å². The molecule has 0 heterocycles. The second-order valence-electron chi connectivity index (χ2n) is 3.51. The van der Waals surface area contributed by atoms with Gasteiger partial charge in [-0.3, -0.25) is 14.9 Å². The van der Waals surface area contributed by atoms with Crippen LogP contribution < -0.4 is 0 Å². The minimum Gasteiger partial charge on any atom is -0.458 e. The predicted molar refractivity (Wildman–Crippen MR) is 51.5 cm³/mol. The van der Waals surface area contributed by atoms with Crippen molar-refractivity contribution < 1.29 is 14.5 Å². The highest BCUT2D eigenvalue weighted by Gasteiger charge is 2.21. The first-order chi connectivity index (χ1) is 6.49. The lowest BCUT2D eigenvalue weighted by Crippen LogP contribution is -2.28. The minimum absolute atomic E-state index is 0.113. The van der Waals surface area contributed by atoms with Gasteiger partial charge in [0.25, 0.3) is 0 Å². The van der Waals surface area contributed by atoms with Gasteiger partial charge >= 0.3 is 5.97 Å². The highest BCUT2D eigenvalue weighted by molar-refractivity contribution is 5.71. The van der Waals surface area contributed by atoms with Gasteiger partial charge in [0.15, 0.2) is 6.61 Å². The molecule has 82 valence electrons. The summed E-state index contributed by atoms with van der Waals surface area (Å²) in [5, 5.41) is 10.5. The summed E-state index contributed by atoms with van der Waals surface area (Å²) in [7, 11) is 0. The molecule has 0 N–H and O–H groups in total. The molecule has 5 nitrogen and oxygen atoms in total. The molecule has 1 unspecified atom stereocenters. The largest absolute Gasteiger partial charge is 0.458 e. The average Bonchev–Trinajstić information content (AvgIpc) is 2.10. The zero-order valence-corrected chi connectivity index (χ0v) is 8.86. The van der Waals surface area contributed by atoms with Crippen molar-refractivity contribution in [3.8, 4) is 0 Å². The number of ether oxygens (including phenoxy) is 1. The number of nitrogens with zero attached hydrogens (tertiary/aromatic N) is 1. The standard InChI is InChI=1S/C9H17NO4/c1-4-5-8(10(12)13)6-14-9(11)7(2)3/h7-8H,4-6H2,1-3H3. The molecule has 0 radical (unpaired) electrons. The van der Waals surface area contributed by atoms with E-state index in [1.54, 1.807) is 13.8 Å². The third-order valence-electron chi connectivity index (χ3n) is 1.81. The normalized spacial score (nSPS) is 12.6. The lowest BCUT2D eigenvalue weighted by atomic mass is 10.2. The summed E-state index contributed by atoms with van der Waals surface area (Å²) in [5.74, 6) is -0.614. The van der Waals surface area contributed by atoms with Crippen LogP contribution in [-0.2, 0) is 9.53 Å². The monoisotopic (exact) mass is 203 g/mol. The first-order valence-corrected chi connectivity index (χ1v) is 4.79. The fourth-order valence-electron chi connectivity index (χ4n) is 0.928. The van der Waals surface area contributed by atoms with E-state index in [4.69, 9.17) is 4.74 Å². The van der Waals surface area contributed by atoms with Crippen LogP contribution >= 0.6 is 0 Å². The Bertz CT molecular complexity index is 203. The van der Waals surface area contributed by atoms with Crippen LogP contribution in [0, 0.1) is 16.0 Å². The molecule has 0 amide bonds. The lowest BCUT2D eigenvalue weighted by molar-refractivity contribution is -0.526. The van der Waals surface area contributed by atoms with Gasteiger partial charge in [0, 0.05) is 11.3 Å². The molecule has 14 heavy (non-hydrogen) atoms. The maximum Gasteiger partial charge on any atom is 0.308 e. The van der Waals surface area contributed by atoms with Crippen molar-refractivity contribution >= 4 is 5.97 Å². The van der Waals surface area contributed by atoms with Crippen molar-refractivity contribution in [1.29, 1.82) is 0 Å². The predicted octanol–water partition coefficient (Wildman–Crippen LogP) is 1.63. The molecule has 0 rings (SSSR count). The number of hydrogen-bond acceptors (Lipinski definition) is 4. The Hall–Kier alpha value is -1.13. The van der Waals surface area contributed by atoms with E-state index in [9.17, 15) is 14.9 Å². The van der Waals surface area contributed by atoms with Gasteiger partial charge in [-0.25, -0.2) is 0 Å². The van der Waals surface area contributed by atoms with Gasteiger partial charge in [-0.15, -0.1) is 0 Å².